The van der Waals surface area contributed by atoms with Crippen LogP contribution >= 0.6 is 15.9 Å². The van der Waals surface area contributed by atoms with E-state index in [0.29, 0.717) is 23.5 Å². The van der Waals surface area contributed by atoms with E-state index in [-0.39, 0.29) is 6.03 Å². The lowest BCUT2D eigenvalue weighted by molar-refractivity contribution is -0.709. The molecule has 3 aliphatic rings. The molecule has 7 nitrogen and oxygen atoms in total. The summed E-state index contributed by atoms with van der Waals surface area (Å²) in [7, 11) is 3.08. The molecule has 0 aromatic heterocycles. The molecule has 3 rings (SSSR count). The van der Waals surface area contributed by atoms with Crippen molar-refractivity contribution >= 4 is 32.9 Å². The number of amides is 2. The second-order valence-electron chi connectivity index (χ2n) is 5.40. The SMILES string of the molecule is CO.C[N+]12C=CN=CC1=C(C1CCN(C(N)=O)CC1)N=C2Br. The van der Waals surface area contributed by atoms with Crippen LogP contribution in [0.2, 0.25) is 0 Å². The number of amidine groups is 1. The number of hydrogen-bond donors (Lipinski definition) is 2. The third kappa shape index (κ3) is 2.86. The Morgan fingerprint density at radius 3 is 2.68 bits per heavy atom. The van der Waals surface area contributed by atoms with Crippen molar-refractivity contribution in [3.8, 4) is 0 Å². The van der Waals surface area contributed by atoms with E-state index < -0.39 is 0 Å². The van der Waals surface area contributed by atoms with E-state index in [1.807, 2.05) is 12.4 Å². The first-order chi connectivity index (χ1) is 10.5. The number of aliphatic imine (C=N–C) groups is 2. The lowest BCUT2D eigenvalue weighted by atomic mass is 9.92. The van der Waals surface area contributed by atoms with E-state index >= 15 is 0 Å². The third-order valence-corrected chi connectivity index (χ3v) is 5.11. The Labute approximate surface area is 138 Å². The Morgan fingerprint density at radius 2 is 2.09 bits per heavy atom. The number of aliphatic hydroxyl groups excluding tert-OH is 1. The molecule has 0 saturated carbocycles. The molecule has 22 heavy (non-hydrogen) atoms. The van der Waals surface area contributed by atoms with E-state index in [1.165, 1.54) is 0 Å². The van der Waals surface area contributed by atoms with Gasteiger partial charge < -0.3 is 15.7 Å². The number of nitrogens with two attached hydrogens (primary N) is 1. The number of hydrogen-bond acceptors (Lipinski definition) is 4. The number of carbonyl (C=O) groups excluding carboxylic acids is 1. The predicted octanol–water partition coefficient (Wildman–Crippen LogP) is 1.36. The highest BCUT2D eigenvalue weighted by molar-refractivity contribution is 9.18. The lowest BCUT2D eigenvalue weighted by Gasteiger charge is -2.31. The van der Waals surface area contributed by atoms with Crippen molar-refractivity contribution in [2.24, 2.45) is 21.6 Å². The fourth-order valence-corrected chi connectivity index (χ4v) is 3.39. The number of urea groups is 1. The van der Waals surface area contributed by atoms with Crippen LogP contribution in [-0.2, 0) is 0 Å². The van der Waals surface area contributed by atoms with Crippen molar-refractivity contribution < 1.29 is 14.4 Å². The molecule has 8 heteroatoms. The molecule has 3 aliphatic heterocycles. The minimum Gasteiger partial charge on any atom is -0.400 e. The minimum absolute atomic E-state index is 0.333. The van der Waals surface area contributed by atoms with Crippen molar-refractivity contribution in [2.45, 2.75) is 12.8 Å². The smallest absolute Gasteiger partial charge is 0.314 e. The van der Waals surface area contributed by atoms with E-state index in [2.05, 4.69) is 28.0 Å². The number of likely N-dealkylation sites (tertiary alicyclic amines) is 1. The minimum atomic E-state index is -0.333. The number of aliphatic hydroxyl groups is 1. The lowest BCUT2D eigenvalue weighted by Crippen LogP contribution is -2.42. The first-order valence-corrected chi connectivity index (χ1v) is 7.87. The van der Waals surface area contributed by atoms with Gasteiger partial charge in [0.1, 0.15) is 11.9 Å². The highest BCUT2D eigenvalue weighted by atomic mass is 79.9. The van der Waals surface area contributed by atoms with Gasteiger partial charge in [-0.25, -0.2) is 9.28 Å². The molecule has 3 heterocycles. The standard InChI is InChI=1S/C13H16BrN5O.CH4O/c1-19-7-4-16-8-10(19)11(17-12(19)14)9-2-5-18(6-3-9)13(15)20;1-2/h4,7-9H,2-3,5-6H2,1H3,(H-,15,20);2H,1H3/p+1. The summed E-state index contributed by atoms with van der Waals surface area (Å²) in [6.45, 7) is 1.39. The Bertz CT molecular complexity index is 576. The number of piperidine rings is 1. The van der Waals surface area contributed by atoms with Crippen molar-refractivity contribution in [1.82, 2.24) is 4.90 Å². The Kier molecular flexibility index (Phi) is 5.15. The molecule has 0 bridgehead atoms. The van der Waals surface area contributed by atoms with E-state index in [9.17, 15) is 4.79 Å². The van der Waals surface area contributed by atoms with E-state index in [1.54, 1.807) is 11.1 Å². The number of fused-ring (bicyclic) bond motifs is 1. The highest BCUT2D eigenvalue weighted by Gasteiger charge is 2.42. The zero-order valence-electron chi connectivity index (χ0n) is 12.7. The summed E-state index contributed by atoms with van der Waals surface area (Å²) >= 11 is 3.56. The molecule has 2 amide bonds. The maximum absolute atomic E-state index is 11.2. The van der Waals surface area contributed by atoms with E-state index in [0.717, 1.165) is 36.1 Å². The van der Waals surface area contributed by atoms with Gasteiger partial charge in [0.15, 0.2) is 5.70 Å². The number of primary amides is 1. The average molecular weight is 371 g/mol. The molecule has 0 aromatic carbocycles. The Morgan fingerprint density at radius 1 is 1.45 bits per heavy atom. The van der Waals surface area contributed by atoms with Crippen molar-refractivity contribution in [1.29, 1.82) is 0 Å². The van der Waals surface area contributed by atoms with Crippen LogP contribution in [0.25, 0.3) is 0 Å². The molecule has 0 aromatic rings. The first kappa shape index (κ1) is 16.9. The molecule has 0 spiro atoms. The van der Waals surface area contributed by atoms with Gasteiger partial charge in [0.2, 0.25) is 0 Å². The van der Waals surface area contributed by atoms with Gasteiger partial charge in [0, 0.05) is 42.0 Å². The molecule has 120 valence electrons. The average Bonchev–Trinajstić information content (AvgIpc) is 2.81. The van der Waals surface area contributed by atoms with Crippen LogP contribution < -0.4 is 5.73 Å². The molecule has 3 N–H and O–H groups in total. The summed E-state index contributed by atoms with van der Waals surface area (Å²) < 4.78 is 1.41. The number of quaternary nitrogens is 1. The maximum atomic E-state index is 11.2. The number of allylic oxidation sites excluding steroid dienone is 2. The second kappa shape index (κ2) is 6.72. The second-order valence-corrected chi connectivity index (χ2v) is 6.11. The molecule has 0 aliphatic carbocycles. The van der Waals surface area contributed by atoms with Gasteiger partial charge in [-0.05, 0) is 12.8 Å². The van der Waals surface area contributed by atoms with Crippen LogP contribution in [0.15, 0.2) is 33.8 Å². The number of nitrogens with zero attached hydrogens (tertiary/aromatic N) is 4. The summed E-state index contributed by atoms with van der Waals surface area (Å²) in [5, 5.41) is 7.00. The summed E-state index contributed by atoms with van der Waals surface area (Å²) in [6, 6.07) is -0.333. The fourth-order valence-electron chi connectivity index (χ4n) is 2.88. The molecule has 1 unspecified atom stereocenters. The third-order valence-electron chi connectivity index (χ3n) is 4.20. The predicted molar refractivity (Wildman–Crippen MR) is 89.2 cm³/mol. The quantitative estimate of drug-likeness (QED) is 0.538. The van der Waals surface area contributed by atoms with Crippen molar-refractivity contribution in [3.05, 3.63) is 23.8 Å². The largest absolute Gasteiger partial charge is 0.400 e. The van der Waals surface area contributed by atoms with Crippen LogP contribution in [0.5, 0.6) is 0 Å². The topological polar surface area (TPSA) is 91.3 Å². The van der Waals surface area contributed by atoms with Crippen LogP contribution in [-0.4, -0.2) is 58.7 Å². The van der Waals surface area contributed by atoms with Crippen molar-refractivity contribution in [2.75, 3.05) is 27.2 Å². The van der Waals surface area contributed by atoms with Crippen molar-refractivity contribution in [3.63, 3.8) is 0 Å². The van der Waals surface area contributed by atoms with Gasteiger partial charge in [-0.1, -0.05) is 0 Å². The molecular weight excluding hydrogens is 350 g/mol. The Balaban J connectivity index is 0.000000847. The van der Waals surface area contributed by atoms with Gasteiger partial charge in [0.05, 0.1) is 19.5 Å². The van der Waals surface area contributed by atoms with Gasteiger partial charge >= 0.3 is 6.03 Å². The number of halogens is 1. The van der Waals surface area contributed by atoms with Gasteiger partial charge in [-0.2, -0.15) is 4.99 Å². The Hall–Kier alpha value is -1.51. The zero-order chi connectivity index (χ0) is 16.3. The molecule has 0 radical (unpaired) electrons. The summed E-state index contributed by atoms with van der Waals surface area (Å²) in [6.07, 6.45) is 7.47. The maximum Gasteiger partial charge on any atom is 0.314 e. The molecule has 1 saturated heterocycles. The summed E-state index contributed by atoms with van der Waals surface area (Å²) in [5.41, 5.74) is 7.51. The van der Waals surface area contributed by atoms with Gasteiger partial charge in [-0.3, -0.25) is 4.99 Å². The monoisotopic (exact) mass is 370 g/mol. The molecule has 1 fully saturated rings. The van der Waals surface area contributed by atoms with E-state index in [4.69, 9.17) is 15.8 Å². The zero-order valence-corrected chi connectivity index (χ0v) is 14.3. The molecule has 1 atom stereocenters. The van der Waals surface area contributed by atoms with Crippen LogP contribution in [0.4, 0.5) is 4.79 Å². The van der Waals surface area contributed by atoms with Crippen LogP contribution in [0.1, 0.15) is 12.8 Å². The number of rotatable bonds is 1. The first-order valence-electron chi connectivity index (χ1n) is 7.08. The van der Waals surface area contributed by atoms with Crippen LogP contribution in [0, 0.1) is 5.92 Å². The van der Waals surface area contributed by atoms with Crippen LogP contribution in [0.3, 0.4) is 0 Å². The van der Waals surface area contributed by atoms with Gasteiger partial charge in [0.25, 0.3) is 4.74 Å². The highest BCUT2D eigenvalue weighted by Crippen LogP contribution is 2.38. The fraction of sp³-hybridized carbons (Fsp3) is 0.500. The van der Waals surface area contributed by atoms with Gasteiger partial charge in [-0.15, -0.1) is 0 Å². The molecular formula is C14H21BrN5O2+. The number of carbonyl (C=O) groups is 1. The normalized spacial score (nSPS) is 27.3. The summed E-state index contributed by atoms with van der Waals surface area (Å²) in [4.78, 5) is 21.8. The summed E-state index contributed by atoms with van der Waals surface area (Å²) in [5.74, 6) is 0.353.